The molecule has 0 fully saturated rings. The van der Waals surface area contributed by atoms with Crippen LogP contribution in [0.25, 0.3) is 0 Å². The van der Waals surface area contributed by atoms with E-state index in [1.807, 2.05) is 24.3 Å². The normalized spacial score (nSPS) is 10.4. The van der Waals surface area contributed by atoms with Gasteiger partial charge in [-0.3, -0.25) is 4.79 Å². The van der Waals surface area contributed by atoms with E-state index in [-0.39, 0.29) is 5.78 Å². The molecule has 23 heavy (non-hydrogen) atoms. The summed E-state index contributed by atoms with van der Waals surface area (Å²) in [5.74, 6) is 0.307. The van der Waals surface area contributed by atoms with Gasteiger partial charge >= 0.3 is 0 Å². The van der Waals surface area contributed by atoms with Crippen LogP contribution in [0, 0.1) is 11.3 Å². The topological polar surface area (TPSA) is 58.7 Å². The standard InChI is InChI=1S/C19H23N3O/c1-2-3-4-5-7-16-8-10-17(11-9-16)18(23)19-21-13-15-22(19)14-6-12-20/h8-11,13,15H,2-7,14H2,1H3. The number of ketones is 1. The van der Waals surface area contributed by atoms with Gasteiger partial charge in [0.2, 0.25) is 5.78 Å². The van der Waals surface area contributed by atoms with Crippen LogP contribution in [0.1, 0.15) is 60.8 Å². The van der Waals surface area contributed by atoms with E-state index >= 15 is 0 Å². The van der Waals surface area contributed by atoms with E-state index < -0.39 is 0 Å². The fourth-order valence-corrected chi connectivity index (χ4v) is 2.58. The highest BCUT2D eigenvalue weighted by Gasteiger charge is 2.14. The first-order chi connectivity index (χ1) is 11.3. The second kappa shape index (κ2) is 8.89. The maximum absolute atomic E-state index is 12.5. The van der Waals surface area contributed by atoms with E-state index in [0.29, 0.717) is 24.4 Å². The number of rotatable bonds is 9. The molecule has 120 valence electrons. The maximum atomic E-state index is 12.5. The zero-order valence-electron chi connectivity index (χ0n) is 13.7. The van der Waals surface area contributed by atoms with Gasteiger partial charge in [-0.15, -0.1) is 0 Å². The average molecular weight is 309 g/mol. The van der Waals surface area contributed by atoms with E-state index in [4.69, 9.17) is 5.26 Å². The molecule has 0 N–H and O–H groups in total. The second-order valence-corrected chi connectivity index (χ2v) is 5.69. The lowest BCUT2D eigenvalue weighted by molar-refractivity contribution is 0.102. The number of hydrogen-bond acceptors (Lipinski definition) is 3. The first kappa shape index (κ1) is 17.0. The number of hydrogen-bond donors (Lipinski definition) is 0. The molecule has 1 heterocycles. The minimum Gasteiger partial charge on any atom is -0.327 e. The predicted octanol–water partition coefficient (Wildman–Crippen LogP) is 4.15. The summed E-state index contributed by atoms with van der Waals surface area (Å²) in [6, 6.07) is 9.90. The first-order valence-corrected chi connectivity index (χ1v) is 8.28. The third-order valence-corrected chi connectivity index (χ3v) is 3.92. The molecule has 4 nitrogen and oxygen atoms in total. The van der Waals surface area contributed by atoms with Gasteiger partial charge in [0, 0.05) is 24.5 Å². The van der Waals surface area contributed by atoms with E-state index in [2.05, 4.69) is 18.0 Å². The zero-order chi connectivity index (χ0) is 16.5. The quantitative estimate of drug-likeness (QED) is 0.516. The van der Waals surface area contributed by atoms with Crippen molar-refractivity contribution in [3.63, 3.8) is 0 Å². The molecule has 0 radical (unpaired) electrons. The van der Waals surface area contributed by atoms with Crippen molar-refractivity contribution in [3.05, 3.63) is 53.6 Å². The molecule has 1 aromatic carbocycles. The highest BCUT2D eigenvalue weighted by Crippen LogP contribution is 2.13. The summed E-state index contributed by atoms with van der Waals surface area (Å²) >= 11 is 0. The third kappa shape index (κ3) is 4.79. The molecule has 0 aliphatic rings. The summed E-state index contributed by atoms with van der Waals surface area (Å²) in [6.45, 7) is 2.70. The van der Waals surface area contributed by atoms with Crippen molar-refractivity contribution in [3.8, 4) is 6.07 Å². The summed E-state index contributed by atoms with van der Waals surface area (Å²) < 4.78 is 1.74. The van der Waals surface area contributed by atoms with Crippen LogP contribution in [-0.4, -0.2) is 15.3 Å². The lowest BCUT2D eigenvalue weighted by atomic mass is 10.0. The number of nitriles is 1. The summed E-state index contributed by atoms with van der Waals surface area (Å²) in [5.41, 5.74) is 1.91. The predicted molar refractivity (Wildman–Crippen MR) is 90.2 cm³/mol. The number of unbranched alkanes of at least 4 members (excludes halogenated alkanes) is 3. The summed E-state index contributed by atoms with van der Waals surface area (Å²) in [6.07, 6.45) is 9.75. The minimum absolute atomic E-state index is 0.0922. The van der Waals surface area contributed by atoms with Crippen LogP contribution in [0.3, 0.4) is 0 Å². The molecule has 0 atom stereocenters. The number of nitrogens with zero attached hydrogens (tertiary/aromatic N) is 3. The lowest BCUT2D eigenvalue weighted by Crippen LogP contribution is -2.11. The highest BCUT2D eigenvalue weighted by molar-refractivity contribution is 6.06. The monoisotopic (exact) mass is 309 g/mol. The van der Waals surface area contributed by atoms with Crippen LogP contribution in [0.5, 0.6) is 0 Å². The molecule has 2 rings (SSSR count). The van der Waals surface area contributed by atoms with E-state index in [0.717, 1.165) is 6.42 Å². The number of carbonyl (C=O) groups excluding carboxylic acids is 1. The maximum Gasteiger partial charge on any atom is 0.228 e. The number of aromatic nitrogens is 2. The molecule has 4 heteroatoms. The molecule has 0 aliphatic heterocycles. The molecule has 1 aromatic heterocycles. The summed E-state index contributed by atoms with van der Waals surface area (Å²) in [7, 11) is 0. The van der Waals surface area contributed by atoms with Crippen molar-refractivity contribution in [1.29, 1.82) is 5.26 Å². The van der Waals surface area contributed by atoms with E-state index in [1.165, 1.54) is 31.2 Å². The van der Waals surface area contributed by atoms with Crippen LogP contribution in [0.15, 0.2) is 36.7 Å². The van der Waals surface area contributed by atoms with E-state index in [9.17, 15) is 4.79 Å². The average Bonchev–Trinajstić information content (AvgIpc) is 3.05. The van der Waals surface area contributed by atoms with Crippen molar-refractivity contribution in [2.24, 2.45) is 0 Å². The smallest absolute Gasteiger partial charge is 0.228 e. The van der Waals surface area contributed by atoms with Gasteiger partial charge < -0.3 is 4.57 Å². The van der Waals surface area contributed by atoms with Gasteiger partial charge in [-0.25, -0.2) is 4.98 Å². The van der Waals surface area contributed by atoms with Crippen molar-refractivity contribution in [1.82, 2.24) is 9.55 Å². The van der Waals surface area contributed by atoms with Gasteiger partial charge in [-0.1, -0.05) is 50.5 Å². The van der Waals surface area contributed by atoms with Crippen LogP contribution in [-0.2, 0) is 13.0 Å². The SMILES string of the molecule is CCCCCCc1ccc(C(=O)c2nccn2CCC#N)cc1. The van der Waals surface area contributed by atoms with Crippen molar-refractivity contribution in [2.75, 3.05) is 0 Å². The Bertz CT molecular complexity index is 665. The molecule has 0 amide bonds. The molecule has 0 aliphatic carbocycles. The highest BCUT2D eigenvalue weighted by atomic mass is 16.1. The van der Waals surface area contributed by atoms with Crippen molar-refractivity contribution >= 4 is 5.78 Å². The number of carbonyl (C=O) groups is 1. The Morgan fingerprint density at radius 2 is 2.00 bits per heavy atom. The molecule has 0 bridgehead atoms. The molecule has 0 unspecified atom stereocenters. The van der Waals surface area contributed by atoms with Gasteiger partial charge in [-0.05, 0) is 18.4 Å². The van der Waals surface area contributed by atoms with Crippen molar-refractivity contribution in [2.45, 2.75) is 52.0 Å². The molecule has 2 aromatic rings. The molecule has 0 saturated heterocycles. The molecular formula is C19H23N3O. The Balaban J connectivity index is 2.00. The number of aryl methyl sites for hydroxylation is 2. The van der Waals surface area contributed by atoms with Gasteiger partial charge in [0.25, 0.3) is 0 Å². The molecular weight excluding hydrogens is 286 g/mol. The third-order valence-electron chi connectivity index (χ3n) is 3.92. The Morgan fingerprint density at radius 1 is 1.22 bits per heavy atom. The first-order valence-electron chi connectivity index (χ1n) is 8.28. The zero-order valence-corrected chi connectivity index (χ0v) is 13.7. The molecule has 0 spiro atoms. The second-order valence-electron chi connectivity index (χ2n) is 5.69. The van der Waals surface area contributed by atoms with Gasteiger partial charge in [0.1, 0.15) is 0 Å². The van der Waals surface area contributed by atoms with Crippen LogP contribution < -0.4 is 0 Å². The Labute approximate surface area is 137 Å². The molecule has 0 saturated carbocycles. The number of imidazole rings is 1. The van der Waals surface area contributed by atoms with Gasteiger partial charge in [0.05, 0.1) is 12.5 Å². The number of benzene rings is 1. The van der Waals surface area contributed by atoms with Crippen molar-refractivity contribution < 1.29 is 4.79 Å². The minimum atomic E-state index is -0.0922. The summed E-state index contributed by atoms with van der Waals surface area (Å²) in [4.78, 5) is 16.7. The Morgan fingerprint density at radius 3 is 2.70 bits per heavy atom. The largest absolute Gasteiger partial charge is 0.327 e. The van der Waals surface area contributed by atoms with Crippen LogP contribution in [0.2, 0.25) is 0 Å². The van der Waals surface area contributed by atoms with Gasteiger partial charge in [-0.2, -0.15) is 5.26 Å². The Hall–Kier alpha value is -2.41. The van der Waals surface area contributed by atoms with Crippen LogP contribution >= 0.6 is 0 Å². The van der Waals surface area contributed by atoms with E-state index in [1.54, 1.807) is 17.0 Å². The lowest BCUT2D eigenvalue weighted by Gasteiger charge is -2.06. The fourth-order valence-electron chi connectivity index (χ4n) is 2.58. The fraction of sp³-hybridized carbons (Fsp3) is 0.421. The van der Waals surface area contributed by atoms with Gasteiger partial charge in [0.15, 0.2) is 5.82 Å². The Kier molecular flexibility index (Phi) is 6.56. The summed E-state index contributed by atoms with van der Waals surface area (Å²) in [5, 5.41) is 8.68. The van der Waals surface area contributed by atoms with Crippen LogP contribution in [0.4, 0.5) is 0 Å².